The lowest BCUT2D eigenvalue weighted by Gasteiger charge is -2.33. The second-order valence-corrected chi connectivity index (χ2v) is 6.75. The predicted octanol–water partition coefficient (Wildman–Crippen LogP) is 2.34. The Balaban J connectivity index is 1.57. The first-order chi connectivity index (χ1) is 10.7. The van der Waals surface area contributed by atoms with E-state index in [0.717, 1.165) is 32.5 Å². The lowest BCUT2D eigenvalue weighted by atomic mass is 9.84. The van der Waals surface area contributed by atoms with Gasteiger partial charge in [-0.25, -0.2) is 4.98 Å². The number of piperidine rings is 1. The largest absolute Gasteiger partial charge is 0.375 e. The molecule has 2 heterocycles. The van der Waals surface area contributed by atoms with Gasteiger partial charge < -0.3 is 14.2 Å². The van der Waals surface area contributed by atoms with E-state index in [0.29, 0.717) is 11.8 Å². The molecule has 1 amide bonds. The lowest BCUT2D eigenvalue weighted by Crippen LogP contribution is -2.41. The molecule has 1 saturated heterocycles. The maximum atomic E-state index is 11.9. The molecule has 1 aliphatic heterocycles. The number of hydrogen-bond acceptors (Lipinski definition) is 3. The normalized spacial score (nSPS) is 20.2. The molecule has 22 heavy (non-hydrogen) atoms. The van der Waals surface area contributed by atoms with Crippen LogP contribution in [0.3, 0.4) is 0 Å². The summed E-state index contributed by atoms with van der Waals surface area (Å²) in [5.74, 6) is 2.74. The molecule has 3 rings (SSSR count). The SMILES string of the molecule is COCC(=O)N1CCC(Cn2c(C)cnc2C2CCC2)CC1. The number of aryl methyl sites for hydroxylation is 1. The van der Waals surface area contributed by atoms with Crippen molar-refractivity contribution in [2.75, 3.05) is 26.8 Å². The second-order valence-electron chi connectivity index (χ2n) is 6.75. The molecule has 0 bridgehead atoms. The van der Waals surface area contributed by atoms with Gasteiger partial charge in [-0.1, -0.05) is 6.42 Å². The molecular weight excluding hydrogens is 278 g/mol. The van der Waals surface area contributed by atoms with E-state index in [1.165, 1.54) is 30.8 Å². The van der Waals surface area contributed by atoms with Gasteiger partial charge in [-0.3, -0.25) is 4.79 Å². The summed E-state index contributed by atoms with van der Waals surface area (Å²) in [6.07, 6.45) is 8.11. The van der Waals surface area contributed by atoms with Crippen LogP contribution in [0, 0.1) is 12.8 Å². The molecular formula is C17H27N3O2. The minimum absolute atomic E-state index is 0.120. The molecule has 2 fully saturated rings. The van der Waals surface area contributed by atoms with Gasteiger partial charge in [0.1, 0.15) is 12.4 Å². The number of carbonyl (C=O) groups is 1. The molecule has 0 radical (unpaired) electrons. The highest BCUT2D eigenvalue weighted by molar-refractivity contribution is 5.77. The second kappa shape index (κ2) is 6.82. The lowest BCUT2D eigenvalue weighted by molar-refractivity contribution is -0.136. The molecule has 2 aliphatic rings. The van der Waals surface area contributed by atoms with Crippen molar-refractivity contribution >= 4 is 5.91 Å². The fourth-order valence-corrected chi connectivity index (χ4v) is 3.55. The minimum Gasteiger partial charge on any atom is -0.375 e. The summed E-state index contributed by atoms with van der Waals surface area (Å²) in [5.41, 5.74) is 1.28. The van der Waals surface area contributed by atoms with E-state index in [9.17, 15) is 4.79 Å². The van der Waals surface area contributed by atoms with E-state index in [1.807, 2.05) is 11.1 Å². The van der Waals surface area contributed by atoms with Gasteiger partial charge in [0.25, 0.3) is 0 Å². The smallest absolute Gasteiger partial charge is 0.248 e. The highest BCUT2D eigenvalue weighted by Crippen LogP contribution is 2.36. The first kappa shape index (κ1) is 15.5. The fourth-order valence-electron chi connectivity index (χ4n) is 3.55. The first-order valence-corrected chi connectivity index (χ1v) is 8.47. The summed E-state index contributed by atoms with van der Waals surface area (Å²) < 4.78 is 7.37. The van der Waals surface area contributed by atoms with Crippen LogP contribution in [0.1, 0.15) is 49.5 Å². The molecule has 1 saturated carbocycles. The molecule has 5 nitrogen and oxygen atoms in total. The minimum atomic E-state index is 0.120. The van der Waals surface area contributed by atoms with Crippen LogP contribution in [-0.2, 0) is 16.1 Å². The summed E-state index contributed by atoms with van der Waals surface area (Å²) in [7, 11) is 1.58. The van der Waals surface area contributed by atoms with Crippen molar-refractivity contribution in [1.82, 2.24) is 14.5 Å². The van der Waals surface area contributed by atoms with E-state index < -0.39 is 0 Å². The average molecular weight is 305 g/mol. The standard InChI is InChI=1S/C17H27N3O2/c1-13-10-18-17(15-4-3-5-15)20(13)11-14-6-8-19(9-7-14)16(21)12-22-2/h10,14-15H,3-9,11-12H2,1-2H3. The number of hydrogen-bond donors (Lipinski definition) is 0. The van der Waals surface area contributed by atoms with Gasteiger partial charge >= 0.3 is 0 Å². The number of likely N-dealkylation sites (tertiary alicyclic amines) is 1. The molecule has 1 aromatic heterocycles. The van der Waals surface area contributed by atoms with Crippen molar-refractivity contribution in [2.24, 2.45) is 5.92 Å². The fraction of sp³-hybridized carbons (Fsp3) is 0.765. The topological polar surface area (TPSA) is 47.4 Å². The molecule has 5 heteroatoms. The molecule has 122 valence electrons. The Bertz CT molecular complexity index is 514. The summed E-state index contributed by atoms with van der Waals surface area (Å²) in [6.45, 7) is 5.15. The third kappa shape index (κ3) is 3.19. The molecule has 1 aromatic rings. The van der Waals surface area contributed by atoms with Gasteiger partial charge in [0.05, 0.1) is 0 Å². The van der Waals surface area contributed by atoms with Crippen molar-refractivity contribution in [1.29, 1.82) is 0 Å². The molecule has 0 spiro atoms. The van der Waals surface area contributed by atoms with E-state index in [4.69, 9.17) is 4.74 Å². The van der Waals surface area contributed by atoms with Gasteiger partial charge in [-0.2, -0.15) is 0 Å². The highest BCUT2D eigenvalue weighted by atomic mass is 16.5. The van der Waals surface area contributed by atoms with Gasteiger partial charge in [-0.05, 0) is 38.5 Å². The van der Waals surface area contributed by atoms with Gasteiger partial charge in [0.15, 0.2) is 0 Å². The van der Waals surface area contributed by atoms with Gasteiger partial charge in [-0.15, -0.1) is 0 Å². The number of nitrogens with zero attached hydrogens (tertiary/aromatic N) is 3. The Hall–Kier alpha value is -1.36. The summed E-state index contributed by atoms with van der Waals surface area (Å²) in [5, 5.41) is 0. The number of methoxy groups -OCH3 is 1. The molecule has 1 aliphatic carbocycles. The third-order valence-corrected chi connectivity index (χ3v) is 5.23. The zero-order valence-corrected chi connectivity index (χ0v) is 13.8. The Labute approximate surface area is 132 Å². The van der Waals surface area contributed by atoms with Crippen LogP contribution in [0.4, 0.5) is 0 Å². The van der Waals surface area contributed by atoms with E-state index in [2.05, 4.69) is 16.5 Å². The number of amides is 1. The molecule has 0 N–H and O–H groups in total. The number of rotatable bonds is 5. The summed E-state index contributed by atoms with van der Waals surface area (Å²) in [6, 6.07) is 0. The van der Waals surface area contributed by atoms with Gasteiger partial charge in [0.2, 0.25) is 5.91 Å². The average Bonchev–Trinajstić information content (AvgIpc) is 2.80. The van der Waals surface area contributed by atoms with Crippen molar-refractivity contribution < 1.29 is 9.53 Å². The quantitative estimate of drug-likeness (QED) is 0.839. The van der Waals surface area contributed by atoms with Crippen LogP contribution in [0.15, 0.2) is 6.20 Å². The Morgan fingerprint density at radius 1 is 1.32 bits per heavy atom. The maximum absolute atomic E-state index is 11.9. The monoisotopic (exact) mass is 305 g/mol. The first-order valence-electron chi connectivity index (χ1n) is 8.47. The van der Waals surface area contributed by atoms with Crippen molar-refractivity contribution in [3.05, 3.63) is 17.7 Å². The Morgan fingerprint density at radius 3 is 2.64 bits per heavy atom. The Morgan fingerprint density at radius 2 is 2.05 bits per heavy atom. The summed E-state index contributed by atoms with van der Waals surface area (Å²) in [4.78, 5) is 18.4. The van der Waals surface area contributed by atoms with Crippen LogP contribution in [-0.4, -0.2) is 47.2 Å². The third-order valence-electron chi connectivity index (χ3n) is 5.23. The predicted molar refractivity (Wildman–Crippen MR) is 84.7 cm³/mol. The van der Waals surface area contributed by atoms with E-state index in [1.54, 1.807) is 7.11 Å². The van der Waals surface area contributed by atoms with E-state index in [-0.39, 0.29) is 12.5 Å². The number of carbonyl (C=O) groups excluding carboxylic acids is 1. The molecule has 0 atom stereocenters. The number of imidazole rings is 1. The van der Waals surface area contributed by atoms with Crippen LogP contribution in [0.5, 0.6) is 0 Å². The summed E-state index contributed by atoms with van der Waals surface area (Å²) >= 11 is 0. The maximum Gasteiger partial charge on any atom is 0.248 e. The Kier molecular flexibility index (Phi) is 4.81. The van der Waals surface area contributed by atoms with Crippen molar-refractivity contribution in [2.45, 2.75) is 51.5 Å². The van der Waals surface area contributed by atoms with Crippen LogP contribution in [0.2, 0.25) is 0 Å². The van der Waals surface area contributed by atoms with Crippen LogP contribution < -0.4 is 0 Å². The number of aromatic nitrogens is 2. The molecule has 0 aromatic carbocycles. The van der Waals surface area contributed by atoms with Crippen molar-refractivity contribution in [3.63, 3.8) is 0 Å². The zero-order chi connectivity index (χ0) is 15.5. The van der Waals surface area contributed by atoms with Crippen LogP contribution in [0.25, 0.3) is 0 Å². The van der Waals surface area contributed by atoms with E-state index >= 15 is 0 Å². The molecule has 0 unspecified atom stereocenters. The van der Waals surface area contributed by atoms with Crippen molar-refractivity contribution in [3.8, 4) is 0 Å². The highest BCUT2D eigenvalue weighted by Gasteiger charge is 2.27. The number of ether oxygens (including phenoxy) is 1. The zero-order valence-electron chi connectivity index (χ0n) is 13.8. The van der Waals surface area contributed by atoms with Crippen LogP contribution >= 0.6 is 0 Å². The van der Waals surface area contributed by atoms with Gasteiger partial charge in [0, 0.05) is 44.6 Å².